The van der Waals surface area contributed by atoms with E-state index in [4.69, 9.17) is 4.42 Å². The van der Waals surface area contributed by atoms with Crippen molar-refractivity contribution in [1.82, 2.24) is 10.2 Å². The molecule has 1 atom stereocenters. The molecule has 0 bridgehead atoms. The van der Waals surface area contributed by atoms with E-state index in [0.717, 1.165) is 31.9 Å². The second-order valence-electron chi connectivity index (χ2n) is 5.34. The van der Waals surface area contributed by atoms with Crippen LogP contribution in [-0.2, 0) is 6.54 Å². The number of hydrogen-bond donors (Lipinski definition) is 1. The summed E-state index contributed by atoms with van der Waals surface area (Å²) < 4.78 is 19.5. The predicted octanol–water partition coefficient (Wildman–Crippen LogP) is 3.30. The van der Waals surface area contributed by atoms with Gasteiger partial charge in [0.1, 0.15) is 17.3 Å². The minimum atomic E-state index is -0.246. The summed E-state index contributed by atoms with van der Waals surface area (Å²) in [6, 6.07) is 11.0. The third-order valence-corrected chi connectivity index (χ3v) is 3.63. The molecular weight excluding hydrogens is 291 g/mol. The summed E-state index contributed by atoms with van der Waals surface area (Å²) in [5.41, 5.74) is 0.521. The summed E-state index contributed by atoms with van der Waals surface area (Å²) in [7, 11) is 0. The van der Waals surface area contributed by atoms with E-state index in [1.807, 2.05) is 18.2 Å². The van der Waals surface area contributed by atoms with Gasteiger partial charge in [-0.1, -0.05) is 12.1 Å². The molecule has 2 aromatic rings. The lowest BCUT2D eigenvalue weighted by Crippen LogP contribution is -2.48. The molecule has 0 radical (unpaired) electrons. The third kappa shape index (κ3) is 3.84. The Bertz CT molecular complexity index is 587. The Labute approximate surface area is 130 Å². The second-order valence-corrected chi connectivity index (χ2v) is 5.34. The van der Waals surface area contributed by atoms with Crippen LogP contribution in [0, 0.1) is 5.82 Å². The molecule has 21 heavy (non-hydrogen) atoms. The van der Waals surface area contributed by atoms with Gasteiger partial charge in [-0.05, 0) is 31.2 Å². The van der Waals surface area contributed by atoms with Crippen molar-refractivity contribution < 1.29 is 8.81 Å². The van der Waals surface area contributed by atoms with Gasteiger partial charge in [-0.2, -0.15) is 0 Å². The van der Waals surface area contributed by atoms with Gasteiger partial charge in [-0.15, -0.1) is 12.4 Å². The molecule has 0 spiro atoms. The van der Waals surface area contributed by atoms with Gasteiger partial charge in [0.05, 0.1) is 12.1 Å². The predicted molar refractivity (Wildman–Crippen MR) is 84.1 cm³/mol. The molecule has 3 rings (SSSR count). The molecular formula is C16H20ClFN2O. The van der Waals surface area contributed by atoms with E-state index >= 15 is 0 Å². The Balaban J connectivity index is 0.00000161. The molecule has 1 N–H and O–H groups in total. The van der Waals surface area contributed by atoms with Crippen LogP contribution < -0.4 is 5.32 Å². The van der Waals surface area contributed by atoms with E-state index in [1.165, 1.54) is 6.07 Å². The molecule has 2 heterocycles. The average molecular weight is 311 g/mol. The van der Waals surface area contributed by atoms with Crippen molar-refractivity contribution in [2.45, 2.75) is 19.5 Å². The van der Waals surface area contributed by atoms with E-state index in [9.17, 15) is 4.39 Å². The van der Waals surface area contributed by atoms with Crippen molar-refractivity contribution in [2.24, 2.45) is 0 Å². The summed E-state index contributed by atoms with van der Waals surface area (Å²) in [5, 5.41) is 3.41. The zero-order chi connectivity index (χ0) is 13.9. The van der Waals surface area contributed by atoms with Crippen LogP contribution in [0.1, 0.15) is 12.7 Å². The maximum atomic E-state index is 13.7. The Hall–Kier alpha value is -1.36. The van der Waals surface area contributed by atoms with Crippen LogP contribution >= 0.6 is 12.4 Å². The summed E-state index contributed by atoms with van der Waals surface area (Å²) in [6.07, 6.45) is 0. The van der Waals surface area contributed by atoms with Gasteiger partial charge in [0, 0.05) is 25.7 Å². The van der Waals surface area contributed by atoms with Crippen LogP contribution in [0.2, 0.25) is 0 Å². The van der Waals surface area contributed by atoms with Crippen LogP contribution in [0.3, 0.4) is 0 Å². The van der Waals surface area contributed by atoms with Crippen molar-refractivity contribution in [2.75, 3.05) is 19.6 Å². The van der Waals surface area contributed by atoms with Crippen molar-refractivity contribution in [3.63, 3.8) is 0 Å². The quantitative estimate of drug-likeness (QED) is 0.943. The van der Waals surface area contributed by atoms with Gasteiger partial charge in [0.2, 0.25) is 0 Å². The van der Waals surface area contributed by atoms with E-state index in [1.54, 1.807) is 12.1 Å². The molecule has 1 saturated heterocycles. The SMILES string of the molecule is C[C@H]1CN(Cc2ccc(-c3ccccc3F)o2)CCN1.Cl. The number of nitrogens with one attached hydrogen (secondary N) is 1. The molecule has 114 valence electrons. The largest absolute Gasteiger partial charge is 0.460 e. The number of halogens is 2. The molecule has 1 fully saturated rings. The van der Waals surface area contributed by atoms with Crippen LogP contribution in [0.25, 0.3) is 11.3 Å². The first-order chi connectivity index (χ1) is 9.72. The highest BCUT2D eigenvalue weighted by Gasteiger charge is 2.17. The number of hydrogen-bond acceptors (Lipinski definition) is 3. The van der Waals surface area contributed by atoms with Crippen LogP contribution in [-0.4, -0.2) is 30.6 Å². The van der Waals surface area contributed by atoms with E-state index in [0.29, 0.717) is 17.4 Å². The van der Waals surface area contributed by atoms with Crippen LogP contribution in [0.5, 0.6) is 0 Å². The Morgan fingerprint density at radius 1 is 1.29 bits per heavy atom. The lowest BCUT2D eigenvalue weighted by Gasteiger charge is -2.31. The summed E-state index contributed by atoms with van der Waals surface area (Å²) in [4.78, 5) is 2.35. The van der Waals surface area contributed by atoms with Crippen molar-refractivity contribution in [3.05, 3.63) is 48.0 Å². The summed E-state index contributed by atoms with van der Waals surface area (Å²) >= 11 is 0. The van der Waals surface area contributed by atoms with Crippen molar-refractivity contribution >= 4 is 12.4 Å². The first-order valence-electron chi connectivity index (χ1n) is 7.02. The third-order valence-electron chi connectivity index (χ3n) is 3.63. The van der Waals surface area contributed by atoms with Gasteiger partial charge in [-0.3, -0.25) is 4.90 Å². The number of rotatable bonds is 3. The fourth-order valence-electron chi connectivity index (χ4n) is 2.64. The Morgan fingerprint density at radius 2 is 2.10 bits per heavy atom. The minimum absolute atomic E-state index is 0. The maximum Gasteiger partial charge on any atom is 0.137 e. The zero-order valence-electron chi connectivity index (χ0n) is 12.0. The number of nitrogens with zero attached hydrogens (tertiary/aromatic N) is 1. The number of benzene rings is 1. The average Bonchev–Trinajstić information content (AvgIpc) is 2.87. The summed E-state index contributed by atoms with van der Waals surface area (Å²) in [6.45, 7) is 5.98. The Morgan fingerprint density at radius 3 is 2.86 bits per heavy atom. The molecule has 0 unspecified atom stereocenters. The van der Waals surface area contributed by atoms with Crippen molar-refractivity contribution in [3.8, 4) is 11.3 Å². The molecule has 1 aliphatic heterocycles. The summed E-state index contributed by atoms with van der Waals surface area (Å²) in [5.74, 6) is 1.24. The van der Waals surface area contributed by atoms with Gasteiger partial charge in [0.25, 0.3) is 0 Å². The van der Waals surface area contributed by atoms with Gasteiger partial charge >= 0.3 is 0 Å². The monoisotopic (exact) mass is 310 g/mol. The topological polar surface area (TPSA) is 28.4 Å². The molecule has 1 aromatic heterocycles. The fourth-order valence-corrected chi connectivity index (χ4v) is 2.64. The first kappa shape index (κ1) is 16.0. The lowest BCUT2D eigenvalue weighted by atomic mass is 10.1. The zero-order valence-corrected chi connectivity index (χ0v) is 12.8. The maximum absolute atomic E-state index is 13.7. The van der Waals surface area contributed by atoms with Gasteiger partial charge in [-0.25, -0.2) is 4.39 Å². The highest BCUT2D eigenvalue weighted by molar-refractivity contribution is 5.85. The first-order valence-corrected chi connectivity index (χ1v) is 7.02. The highest BCUT2D eigenvalue weighted by Crippen LogP contribution is 2.25. The van der Waals surface area contributed by atoms with E-state index in [-0.39, 0.29) is 18.2 Å². The van der Waals surface area contributed by atoms with E-state index < -0.39 is 0 Å². The molecule has 0 aliphatic carbocycles. The molecule has 1 aromatic carbocycles. The van der Waals surface area contributed by atoms with Crippen LogP contribution in [0.15, 0.2) is 40.8 Å². The number of piperazine rings is 1. The van der Waals surface area contributed by atoms with Crippen LogP contribution in [0.4, 0.5) is 4.39 Å². The van der Waals surface area contributed by atoms with Gasteiger partial charge in [0.15, 0.2) is 0 Å². The van der Waals surface area contributed by atoms with Gasteiger partial charge < -0.3 is 9.73 Å². The number of furan rings is 1. The fraction of sp³-hybridized carbons (Fsp3) is 0.375. The Kier molecular flexibility index (Phi) is 5.39. The smallest absolute Gasteiger partial charge is 0.137 e. The van der Waals surface area contributed by atoms with Crippen molar-refractivity contribution in [1.29, 1.82) is 0 Å². The van der Waals surface area contributed by atoms with E-state index in [2.05, 4.69) is 17.1 Å². The molecule has 1 aliphatic rings. The molecule has 5 heteroatoms. The normalized spacial score (nSPS) is 19.2. The minimum Gasteiger partial charge on any atom is -0.460 e. The highest BCUT2D eigenvalue weighted by atomic mass is 35.5. The standard InChI is InChI=1S/C16H19FN2O.ClH/c1-12-10-19(9-8-18-12)11-13-6-7-16(20-13)14-4-2-3-5-15(14)17;/h2-7,12,18H,8-11H2,1H3;1H/t12-;/m0./s1. The molecule has 3 nitrogen and oxygen atoms in total. The lowest BCUT2D eigenvalue weighted by molar-refractivity contribution is 0.187. The second kappa shape index (κ2) is 7.07. The molecule has 0 saturated carbocycles. The molecule has 0 amide bonds.